The van der Waals surface area contributed by atoms with Gasteiger partial charge in [-0.1, -0.05) is 19.8 Å². The molecule has 1 aromatic rings. The molecule has 0 bridgehead atoms. The van der Waals surface area contributed by atoms with E-state index in [0.29, 0.717) is 22.7 Å². The van der Waals surface area contributed by atoms with Crippen LogP contribution in [0, 0.1) is 5.92 Å². The molecule has 1 aliphatic heterocycles. The molecule has 2 unspecified atom stereocenters. The summed E-state index contributed by atoms with van der Waals surface area (Å²) in [6.07, 6.45) is 4.28. The maximum Gasteiger partial charge on any atom is 0.261 e. The number of anilines is 1. The van der Waals surface area contributed by atoms with Gasteiger partial charge in [-0.2, -0.15) is 0 Å². The number of nitrogen functional groups attached to an aromatic ring is 1. The van der Waals surface area contributed by atoms with Crippen molar-refractivity contribution >= 4 is 17.5 Å². The van der Waals surface area contributed by atoms with Gasteiger partial charge in [-0.15, -0.1) is 0 Å². The lowest BCUT2D eigenvalue weighted by molar-refractivity contribution is 0.0486. The zero-order valence-corrected chi connectivity index (χ0v) is 11.1. The summed E-state index contributed by atoms with van der Waals surface area (Å²) in [7, 11) is 0. The molecule has 4 heteroatoms. The summed E-state index contributed by atoms with van der Waals surface area (Å²) in [6, 6.07) is 5.00. The summed E-state index contributed by atoms with van der Waals surface area (Å²) in [5, 5.41) is 0. The van der Waals surface area contributed by atoms with Crippen molar-refractivity contribution in [3.8, 4) is 0 Å². The molecule has 1 aliphatic carbocycles. The van der Waals surface area contributed by atoms with Crippen molar-refractivity contribution in [2.24, 2.45) is 5.92 Å². The molecule has 19 heavy (non-hydrogen) atoms. The van der Waals surface area contributed by atoms with Gasteiger partial charge < -0.3 is 5.73 Å². The molecule has 1 saturated carbocycles. The molecule has 1 heterocycles. The summed E-state index contributed by atoms with van der Waals surface area (Å²) in [5.74, 6) is 0.0538. The molecular weight excluding hydrogens is 240 g/mol. The van der Waals surface area contributed by atoms with Crippen LogP contribution in [-0.4, -0.2) is 22.8 Å². The van der Waals surface area contributed by atoms with Gasteiger partial charge in [0.15, 0.2) is 0 Å². The zero-order chi connectivity index (χ0) is 13.6. The minimum absolute atomic E-state index is 0.0439. The predicted molar refractivity (Wildman–Crippen MR) is 72.8 cm³/mol. The molecule has 3 rings (SSSR count). The number of nitrogens with zero attached hydrogens (tertiary/aromatic N) is 1. The van der Waals surface area contributed by atoms with Crippen molar-refractivity contribution in [3.05, 3.63) is 29.3 Å². The second-order valence-electron chi connectivity index (χ2n) is 5.61. The summed E-state index contributed by atoms with van der Waals surface area (Å²) < 4.78 is 0. The number of carbonyl (C=O) groups is 2. The molecule has 4 nitrogen and oxygen atoms in total. The molecule has 1 fully saturated rings. The maximum absolute atomic E-state index is 12.5. The number of carbonyl (C=O) groups excluding carboxylic acids is 2. The van der Waals surface area contributed by atoms with E-state index >= 15 is 0 Å². The average Bonchev–Trinajstić information content (AvgIpc) is 2.63. The van der Waals surface area contributed by atoms with Gasteiger partial charge >= 0.3 is 0 Å². The number of imide groups is 1. The summed E-state index contributed by atoms with van der Waals surface area (Å²) in [5.41, 5.74) is 7.19. The SMILES string of the molecule is CC1CCCCC1N1C(=O)c2ccc(N)cc2C1=O. The molecule has 100 valence electrons. The highest BCUT2D eigenvalue weighted by Crippen LogP contribution is 2.34. The lowest BCUT2D eigenvalue weighted by Crippen LogP contribution is -2.44. The first-order valence-corrected chi connectivity index (χ1v) is 6.87. The van der Waals surface area contributed by atoms with Crippen LogP contribution < -0.4 is 5.73 Å². The van der Waals surface area contributed by atoms with Gasteiger partial charge in [-0.25, -0.2) is 0 Å². The fourth-order valence-electron chi connectivity index (χ4n) is 3.26. The van der Waals surface area contributed by atoms with E-state index in [2.05, 4.69) is 6.92 Å². The Balaban J connectivity index is 1.98. The highest BCUT2D eigenvalue weighted by Gasteiger charge is 2.42. The third-order valence-electron chi connectivity index (χ3n) is 4.34. The van der Waals surface area contributed by atoms with Crippen LogP contribution in [0.2, 0.25) is 0 Å². The van der Waals surface area contributed by atoms with Crippen LogP contribution in [0.4, 0.5) is 5.69 Å². The number of benzene rings is 1. The zero-order valence-electron chi connectivity index (χ0n) is 11.1. The van der Waals surface area contributed by atoms with Crippen LogP contribution in [0.15, 0.2) is 18.2 Å². The van der Waals surface area contributed by atoms with Crippen LogP contribution in [-0.2, 0) is 0 Å². The quantitative estimate of drug-likeness (QED) is 0.621. The molecule has 2 N–H and O–H groups in total. The lowest BCUT2D eigenvalue weighted by Gasteiger charge is -2.34. The molecule has 0 radical (unpaired) electrons. The average molecular weight is 258 g/mol. The Morgan fingerprint density at radius 1 is 1.11 bits per heavy atom. The van der Waals surface area contributed by atoms with Gasteiger partial charge in [0, 0.05) is 11.7 Å². The fourth-order valence-corrected chi connectivity index (χ4v) is 3.26. The Labute approximate surface area is 112 Å². The second-order valence-corrected chi connectivity index (χ2v) is 5.61. The normalized spacial score (nSPS) is 26.7. The van der Waals surface area contributed by atoms with E-state index in [4.69, 9.17) is 5.73 Å². The number of rotatable bonds is 1. The largest absolute Gasteiger partial charge is 0.399 e. The van der Waals surface area contributed by atoms with Crippen LogP contribution in [0.3, 0.4) is 0 Å². The van der Waals surface area contributed by atoms with E-state index in [1.54, 1.807) is 18.2 Å². The lowest BCUT2D eigenvalue weighted by atomic mass is 9.85. The Morgan fingerprint density at radius 3 is 2.53 bits per heavy atom. The molecule has 2 atom stereocenters. The van der Waals surface area contributed by atoms with Gasteiger partial charge in [-0.3, -0.25) is 14.5 Å². The van der Waals surface area contributed by atoms with E-state index in [1.807, 2.05) is 0 Å². The first-order chi connectivity index (χ1) is 9.09. The second kappa shape index (κ2) is 4.37. The summed E-state index contributed by atoms with van der Waals surface area (Å²) in [6.45, 7) is 2.13. The van der Waals surface area contributed by atoms with Crippen molar-refractivity contribution in [3.63, 3.8) is 0 Å². The highest BCUT2D eigenvalue weighted by atomic mass is 16.2. The van der Waals surface area contributed by atoms with Gasteiger partial charge in [0.25, 0.3) is 11.8 Å². The molecule has 2 amide bonds. The van der Waals surface area contributed by atoms with Gasteiger partial charge in [0.2, 0.25) is 0 Å². The van der Waals surface area contributed by atoms with Crippen molar-refractivity contribution in [1.29, 1.82) is 0 Å². The van der Waals surface area contributed by atoms with Gasteiger partial charge in [0.05, 0.1) is 11.1 Å². The Kier molecular flexibility index (Phi) is 2.81. The van der Waals surface area contributed by atoms with Crippen LogP contribution >= 0.6 is 0 Å². The van der Waals surface area contributed by atoms with Gasteiger partial charge in [0.1, 0.15) is 0 Å². The van der Waals surface area contributed by atoms with E-state index in [0.717, 1.165) is 19.3 Å². The number of amides is 2. The third-order valence-corrected chi connectivity index (χ3v) is 4.34. The Hall–Kier alpha value is -1.84. The predicted octanol–water partition coefficient (Wildman–Crippen LogP) is 2.44. The number of nitrogens with two attached hydrogens (primary N) is 1. The van der Waals surface area contributed by atoms with E-state index < -0.39 is 0 Å². The summed E-state index contributed by atoms with van der Waals surface area (Å²) in [4.78, 5) is 26.3. The third kappa shape index (κ3) is 1.82. The van der Waals surface area contributed by atoms with E-state index in [1.165, 1.54) is 11.3 Å². The molecule has 0 spiro atoms. The van der Waals surface area contributed by atoms with Crippen molar-refractivity contribution < 1.29 is 9.59 Å². The Bertz CT molecular complexity index is 553. The summed E-state index contributed by atoms with van der Waals surface area (Å²) >= 11 is 0. The van der Waals surface area contributed by atoms with E-state index in [-0.39, 0.29) is 17.9 Å². The van der Waals surface area contributed by atoms with Crippen LogP contribution in [0.1, 0.15) is 53.3 Å². The highest BCUT2D eigenvalue weighted by molar-refractivity contribution is 6.21. The van der Waals surface area contributed by atoms with Crippen molar-refractivity contribution in [2.45, 2.75) is 38.6 Å². The molecule has 0 saturated heterocycles. The number of hydrogen-bond acceptors (Lipinski definition) is 3. The molecule has 2 aliphatic rings. The molecule has 0 aromatic heterocycles. The maximum atomic E-state index is 12.5. The first-order valence-electron chi connectivity index (χ1n) is 6.87. The van der Waals surface area contributed by atoms with Crippen LogP contribution in [0.5, 0.6) is 0 Å². The Morgan fingerprint density at radius 2 is 1.79 bits per heavy atom. The monoisotopic (exact) mass is 258 g/mol. The fraction of sp³-hybridized carbons (Fsp3) is 0.467. The molecular formula is C15H18N2O2. The number of hydrogen-bond donors (Lipinski definition) is 1. The standard InChI is InChI=1S/C15H18N2O2/c1-9-4-2-3-5-13(9)17-14(18)11-7-6-10(16)8-12(11)15(17)19/h6-9,13H,2-5,16H2,1H3. The van der Waals surface area contributed by atoms with E-state index in [9.17, 15) is 9.59 Å². The van der Waals surface area contributed by atoms with Gasteiger partial charge in [-0.05, 0) is 37.0 Å². The smallest absolute Gasteiger partial charge is 0.261 e. The molecule has 1 aromatic carbocycles. The topological polar surface area (TPSA) is 63.4 Å². The van der Waals surface area contributed by atoms with Crippen molar-refractivity contribution in [2.75, 3.05) is 5.73 Å². The number of fused-ring (bicyclic) bond motifs is 1. The van der Waals surface area contributed by atoms with Crippen LogP contribution in [0.25, 0.3) is 0 Å². The van der Waals surface area contributed by atoms with Crippen molar-refractivity contribution in [1.82, 2.24) is 4.90 Å². The minimum atomic E-state index is -0.175. The minimum Gasteiger partial charge on any atom is -0.399 e. The first kappa shape index (κ1) is 12.2.